The summed E-state index contributed by atoms with van der Waals surface area (Å²) in [5.74, 6) is -1.71. The van der Waals surface area contributed by atoms with Crippen molar-refractivity contribution in [1.82, 2.24) is 5.32 Å². The van der Waals surface area contributed by atoms with Gasteiger partial charge in [0.15, 0.2) is 0 Å². The minimum atomic E-state index is -0.752. The standard InChI is InChI=1S/C21H30ClNO4/c1-2-3-4-5-6-7-8-9-10-11-19(24)27-20(25)16-23-21(26)17-12-14-18(22)15-13-17/h12-15H,2-11,16H2,1H3,(H,23,26). The van der Waals surface area contributed by atoms with E-state index in [9.17, 15) is 14.4 Å². The lowest BCUT2D eigenvalue weighted by Crippen LogP contribution is -2.31. The second-order valence-corrected chi connectivity index (χ2v) is 7.05. The number of hydrogen-bond acceptors (Lipinski definition) is 4. The third kappa shape index (κ3) is 11.4. The monoisotopic (exact) mass is 395 g/mol. The first kappa shape index (κ1) is 23.2. The van der Waals surface area contributed by atoms with Crippen LogP contribution in [0.2, 0.25) is 5.02 Å². The van der Waals surface area contributed by atoms with Gasteiger partial charge in [-0.15, -0.1) is 0 Å². The molecule has 0 aliphatic heterocycles. The summed E-state index contributed by atoms with van der Waals surface area (Å²) in [5, 5.41) is 2.94. The van der Waals surface area contributed by atoms with Gasteiger partial charge in [0.05, 0.1) is 0 Å². The molecule has 1 aromatic rings. The van der Waals surface area contributed by atoms with Crippen molar-refractivity contribution in [3.05, 3.63) is 34.9 Å². The van der Waals surface area contributed by atoms with Crippen LogP contribution in [0.25, 0.3) is 0 Å². The van der Waals surface area contributed by atoms with Gasteiger partial charge >= 0.3 is 11.9 Å². The lowest BCUT2D eigenvalue weighted by Gasteiger charge is -2.06. The summed E-state index contributed by atoms with van der Waals surface area (Å²) in [6.45, 7) is 1.86. The van der Waals surface area contributed by atoms with Crippen molar-refractivity contribution in [2.45, 2.75) is 71.1 Å². The molecular weight excluding hydrogens is 366 g/mol. The molecule has 1 rings (SSSR count). The van der Waals surface area contributed by atoms with Gasteiger partial charge < -0.3 is 10.1 Å². The SMILES string of the molecule is CCCCCCCCCCCC(=O)OC(=O)CNC(=O)c1ccc(Cl)cc1. The van der Waals surface area contributed by atoms with Crippen molar-refractivity contribution in [2.75, 3.05) is 6.54 Å². The predicted molar refractivity (Wildman–Crippen MR) is 107 cm³/mol. The molecule has 5 nitrogen and oxygen atoms in total. The molecule has 1 aromatic carbocycles. The smallest absolute Gasteiger partial charge is 0.333 e. The molecule has 0 aliphatic rings. The average molecular weight is 396 g/mol. The number of amides is 1. The van der Waals surface area contributed by atoms with E-state index in [2.05, 4.69) is 12.2 Å². The van der Waals surface area contributed by atoms with Crippen LogP contribution in [-0.4, -0.2) is 24.4 Å². The molecule has 0 bridgehead atoms. The number of hydrogen-bond donors (Lipinski definition) is 1. The van der Waals surface area contributed by atoms with E-state index in [1.807, 2.05) is 0 Å². The Morgan fingerprint density at radius 2 is 1.41 bits per heavy atom. The van der Waals surface area contributed by atoms with E-state index in [-0.39, 0.29) is 13.0 Å². The van der Waals surface area contributed by atoms with Crippen LogP contribution >= 0.6 is 11.6 Å². The van der Waals surface area contributed by atoms with Crippen molar-refractivity contribution in [2.24, 2.45) is 0 Å². The van der Waals surface area contributed by atoms with Gasteiger partial charge in [-0.3, -0.25) is 9.59 Å². The van der Waals surface area contributed by atoms with Crippen LogP contribution < -0.4 is 5.32 Å². The van der Waals surface area contributed by atoms with Crippen LogP contribution in [0, 0.1) is 0 Å². The minimum absolute atomic E-state index is 0.229. The first-order chi connectivity index (χ1) is 13.0. The molecule has 0 unspecified atom stereocenters. The van der Waals surface area contributed by atoms with Crippen LogP contribution in [0.1, 0.15) is 81.5 Å². The Morgan fingerprint density at radius 1 is 0.852 bits per heavy atom. The Labute approximate surface area is 166 Å². The maximum Gasteiger partial charge on any atom is 0.333 e. The highest BCUT2D eigenvalue weighted by atomic mass is 35.5. The Kier molecular flexibility index (Phi) is 12.2. The quantitative estimate of drug-likeness (QED) is 0.288. The molecule has 150 valence electrons. The lowest BCUT2D eigenvalue weighted by molar-refractivity contribution is -0.158. The molecule has 0 saturated carbocycles. The van der Waals surface area contributed by atoms with Gasteiger partial charge in [-0.05, 0) is 30.7 Å². The number of ether oxygens (including phenoxy) is 1. The molecule has 1 amide bonds. The summed E-state index contributed by atoms with van der Waals surface area (Å²) < 4.78 is 4.71. The van der Waals surface area contributed by atoms with Gasteiger partial charge in [0, 0.05) is 17.0 Å². The number of carbonyl (C=O) groups excluding carboxylic acids is 3. The van der Waals surface area contributed by atoms with E-state index in [0.29, 0.717) is 10.6 Å². The maximum absolute atomic E-state index is 11.9. The third-order valence-electron chi connectivity index (χ3n) is 4.21. The molecule has 0 spiro atoms. The predicted octanol–water partition coefficient (Wildman–Crippen LogP) is 5.06. The highest BCUT2D eigenvalue weighted by Gasteiger charge is 2.12. The number of esters is 2. The largest absolute Gasteiger partial charge is 0.392 e. The number of carbonyl (C=O) groups is 3. The van der Waals surface area contributed by atoms with Crippen LogP contribution in [0.4, 0.5) is 0 Å². The topological polar surface area (TPSA) is 72.5 Å². The maximum atomic E-state index is 11.9. The Bertz CT molecular complexity index is 586. The summed E-state index contributed by atoms with van der Waals surface area (Å²) in [7, 11) is 0. The molecule has 27 heavy (non-hydrogen) atoms. The van der Waals surface area contributed by atoms with Crippen molar-refractivity contribution >= 4 is 29.4 Å². The highest BCUT2D eigenvalue weighted by molar-refractivity contribution is 6.30. The number of halogens is 1. The molecule has 0 saturated heterocycles. The molecule has 0 fully saturated rings. The fraction of sp³-hybridized carbons (Fsp3) is 0.571. The molecule has 0 aliphatic carbocycles. The van der Waals surface area contributed by atoms with Crippen molar-refractivity contribution in [1.29, 1.82) is 0 Å². The second-order valence-electron chi connectivity index (χ2n) is 6.61. The first-order valence-electron chi connectivity index (χ1n) is 9.80. The van der Waals surface area contributed by atoms with Gasteiger partial charge in [0.25, 0.3) is 5.91 Å². The van der Waals surface area contributed by atoms with Crippen LogP contribution in [0.3, 0.4) is 0 Å². The Morgan fingerprint density at radius 3 is 2.00 bits per heavy atom. The molecule has 0 heterocycles. The summed E-state index contributed by atoms with van der Waals surface area (Å²) in [6.07, 6.45) is 10.6. The number of unbranched alkanes of at least 4 members (excludes halogenated alkanes) is 8. The fourth-order valence-electron chi connectivity index (χ4n) is 2.65. The summed E-state index contributed by atoms with van der Waals surface area (Å²) >= 11 is 5.75. The van der Waals surface area contributed by atoms with Gasteiger partial charge in [-0.2, -0.15) is 0 Å². The Hall–Kier alpha value is -1.88. The zero-order valence-corrected chi connectivity index (χ0v) is 16.9. The van der Waals surface area contributed by atoms with E-state index in [0.717, 1.165) is 19.3 Å². The zero-order valence-electron chi connectivity index (χ0n) is 16.1. The lowest BCUT2D eigenvalue weighted by atomic mass is 10.1. The molecule has 0 aromatic heterocycles. The average Bonchev–Trinajstić information content (AvgIpc) is 2.65. The van der Waals surface area contributed by atoms with E-state index in [1.165, 1.54) is 38.5 Å². The van der Waals surface area contributed by atoms with E-state index >= 15 is 0 Å². The second kappa shape index (κ2) is 14.2. The van der Waals surface area contributed by atoms with Crippen molar-refractivity contribution < 1.29 is 19.1 Å². The molecule has 1 N–H and O–H groups in total. The van der Waals surface area contributed by atoms with E-state index < -0.39 is 17.8 Å². The number of benzene rings is 1. The minimum Gasteiger partial charge on any atom is -0.392 e. The summed E-state index contributed by atoms with van der Waals surface area (Å²) in [5.41, 5.74) is 0.383. The summed E-state index contributed by atoms with van der Waals surface area (Å²) in [4.78, 5) is 35.1. The highest BCUT2D eigenvalue weighted by Crippen LogP contribution is 2.11. The van der Waals surface area contributed by atoms with Crippen LogP contribution in [-0.2, 0) is 14.3 Å². The molecular formula is C21H30ClNO4. The number of nitrogens with one attached hydrogen (secondary N) is 1. The fourth-order valence-corrected chi connectivity index (χ4v) is 2.78. The van der Waals surface area contributed by atoms with Crippen molar-refractivity contribution in [3.63, 3.8) is 0 Å². The van der Waals surface area contributed by atoms with Crippen molar-refractivity contribution in [3.8, 4) is 0 Å². The van der Waals surface area contributed by atoms with Gasteiger partial charge in [0.2, 0.25) is 0 Å². The number of rotatable bonds is 13. The van der Waals surface area contributed by atoms with E-state index in [4.69, 9.17) is 16.3 Å². The molecule has 6 heteroatoms. The van der Waals surface area contributed by atoms with Gasteiger partial charge in [0.1, 0.15) is 6.54 Å². The Balaban J connectivity index is 2.06. The van der Waals surface area contributed by atoms with Crippen LogP contribution in [0.15, 0.2) is 24.3 Å². The van der Waals surface area contributed by atoms with E-state index in [1.54, 1.807) is 24.3 Å². The normalized spacial score (nSPS) is 10.4. The molecule has 0 atom stereocenters. The third-order valence-corrected chi connectivity index (χ3v) is 4.46. The van der Waals surface area contributed by atoms with Gasteiger partial charge in [-0.1, -0.05) is 69.9 Å². The zero-order chi connectivity index (χ0) is 19.9. The summed E-state index contributed by atoms with van der Waals surface area (Å²) in [6, 6.07) is 6.28. The van der Waals surface area contributed by atoms with Crippen LogP contribution in [0.5, 0.6) is 0 Å². The van der Waals surface area contributed by atoms with Gasteiger partial charge in [-0.25, -0.2) is 4.79 Å². The first-order valence-corrected chi connectivity index (χ1v) is 10.2. The molecule has 0 radical (unpaired) electrons.